The van der Waals surface area contributed by atoms with Gasteiger partial charge in [0, 0.05) is 30.9 Å². The van der Waals surface area contributed by atoms with E-state index in [0.29, 0.717) is 25.3 Å². The van der Waals surface area contributed by atoms with Gasteiger partial charge in [-0.15, -0.1) is 0 Å². The number of nitrogens with two attached hydrogens (primary N) is 1. The van der Waals surface area contributed by atoms with Gasteiger partial charge in [0.2, 0.25) is 0 Å². The van der Waals surface area contributed by atoms with Crippen LogP contribution >= 0.6 is 0 Å². The molecule has 0 bridgehead atoms. The number of primary amides is 1. The summed E-state index contributed by atoms with van der Waals surface area (Å²) in [5.41, 5.74) is 5.35. The molecule has 1 saturated heterocycles. The summed E-state index contributed by atoms with van der Waals surface area (Å²) in [5.74, 6) is -0.392. The number of hydrogen-bond acceptors (Lipinski definition) is 6. The normalized spacial score (nSPS) is 21.0. The van der Waals surface area contributed by atoms with Gasteiger partial charge in [-0.1, -0.05) is 25.1 Å². The van der Waals surface area contributed by atoms with E-state index in [1.165, 1.54) is 0 Å². The lowest BCUT2D eigenvalue weighted by molar-refractivity contribution is -0.00458. The Morgan fingerprint density at radius 1 is 1.34 bits per heavy atom. The van der Waals surface area contributed by atoms with Crippen LogP contribution in [0, 0.1) is 17.2 Å². The lowest BCUT2D eigenvalue weighted by Gasteiger charge is -2.45. The second-order valence-electron chi connectivity index (χ2n) is 9.21. The number of carbonyl (C=O) groups excluding carboxylic acids is 2. The zero-order chi connectivity index (χ0) is 23.5. The number of benzene rings is 1. The molecule has 170 valence electrons. The molecular weight excluding hydrogens is 408 g/mol. The third kappa shape index (κ3) is 4.85. The molecule has 2 unspecified atom stereocenters. The summed E-state index contributed by atoms with van der Waals surface area (Å²) in [6.07, 6.45) is 1.90. The molecule has 1 aliphatic rings. The molecule has 1 fully saturated rings. The summed E-state index contributed by atoms with van der Waals surface area (Å²) < 4.78 is 7.19. The Kier molecular flexibility index (Phi) is 6.44. The molecule has 0 aliphatic carbocycles. The fourth-order valence-corrected chi connectivity index (χ4v) is 4.01. The number of anilines is 2. The van der Waals surface area contributed by atoms with Gasteiger partial charge < -0.3 is 20.7 Å². The van der Waals surface area contributed by atoms with Crippen molar-refractivity contribution < 1.29 is 14.3 Å². The fraction of sp³-hybridized carbons (Fsp3) is 0.478. The number of likely N-dealkylation sites (tertiary alicyclic amines) is 1. The highest BCUT2D eigenvalue weighted by atomic mass is 16.6. The van der Waals surface area contributed by atoms with Crippen LogP contribution in [0.2, 0.25) is 0 Å². The van der Waals surface area contributed by atoms with Gasteiger partial charge in [0.15, 0.2) is 5.82 Å². The Hall–Kier alpha value is -3.54. The predicted molar refractivity (Wildman–Crippen MR) is 120 cm³/mol. The molecule has 1 aromatic carbocycles. The molecule has 2 aromatic rings. The van der Waals surface area contributed by atoms with Crippen molar-refractivity contribution in [1.82, 2.24) is 14.7 Å². The highest BCUT2D eigenvalue weighted by molar-refractivity contribution is 5.98. The minimum atomic E-state index is -0.686. The molecule has 3 N–H and O–H groups in total. The molecule has 0 saturated carbocycles. The van der Waals surface area contributed by atoms with Gasteiger partial charge in [-0.3, -0.25) is 9.48 Å². The summed E-state index contributed by atoms with van der Waals surface area (Å²) in [4.78, 5) is 26.3. The van der Waals surface area contributed by atoms with Crippen LogP contribution in [0.4, 0.5) is 16.3 Å². The minimum Gasteiger partial charge on any atom is -0.444 e. The Morgan fingerprint density at radius 3 is 2.59 bits per heavy atom. The van der Waals surface area contributed by atoms with Crippen molar-refractivity contribution in [3.05, 3.63) is 42.1 Å². The first-order valence-electron chi connectivity index (χ1n) is 10.6. The number of amides is 2. The van der Waals surface area contributed by atoms with Crippen molar-refractivity contribution >= 4 is 23.5 Å². The van der Waals surface area contributed by atoms with E-state index in [0.717, 1.165) is 5.69 Å². The smallest absolute Gasteiger partial charge is 0.410 e. The van der Waals surface area contributed by atoms with E-state index in [1.807, 2.05) is 58.0 Å². The predicted octanol–water partition coefficient (Wildman–Crippen LogP) is 3.61. The van der Waals surface area contributed by atoms with Crippen LogP contribution in [-0.2, 0) is 10.3 Å². The SMILES string of the molecule is CC1CN(C(=O)OC(C)(C)C)CCC1(CC#N)n1cc(C(N)=O)c(Nc2ccccc2)n1. The number of nitrogens with zero attached hydrogens (tertiary/aromatic N) is 4. The van der Waals surface area contributed by atoms with E-state index in [4.69, 9.17) is 10.5 Å². The molecule has 2 heterocycles. The molecule has 32 heavy (non-hydrogen) atoms. The quantitative estimate of drug-likeness (QED) is 0.734. The van der Waals surface area contributed by atoms with Gasteiger partial charge in [0.25, 0.3) is 5.91 Å². The van der Waals surface area contributed by atoms with E-state index in [9.17, 15) is 14.9 Å². The molecule has 1 aliphatic heterocycles. The van der Waals surface area contributed by atoms with Crippen LogP contribution in [0.25, 0.3) is 0 Å². The van der Waals surface area contributed by atoms with Crippen molar-refractivity contribution in [2.45, 2.75) is 51.7 Å². The maximum absolute atomic E-state index is 12.6. The van der Waals surface area contributed by atoms with E-state index < -0.39 is 17.0 Å². The summed E-state index contributed by atoms with van der Waals surface area (Å²) in [6.45, 7) is 8.28. The van der Waals surface area contributed by atoms with Crippen LogP contribution in [-0.4, -0.2) is 45.4 Å². The number of para-hydroxylation sites is 1. The number of nitrogens with one attached hydrogen (secondary N) is 1. The van der Waals surface area contributed by atoms with Crippen LogP contribution < -0.4 is 11.1 Å². The van der Waals surface area contributed by atoms with Crippen molar-refractivity contribution in [2.24, 2.45) is 11.7 Å². The first-order chi connectivity index (χ1) is 15.1. The summed E-state index contributed by atoms with van der Waals surface area (Å²) in [7, 11) is 0. The lowest BCUT2D eigenvalue weighted by atomic mass is 9.77. The second kappa shape index (κ2) is 8.91. The minimum absolute atomic E-state index is 0.117. The van der Waals surface area contributed by atoms with Gasteiger partial charge in [0.1, 0.15) is 11.2 Å². The van der Waals surface area contributed by atoms with Crippen molar-refractivity contribution in [1.29, 1.82) is 5.26 Å². The number of aromatic nitrogens is 2. The number of carbonyl (C=O) groups is 2. The number of piperidine rings is 1. The first-order valence-corrected chi connectivity index (χ1v) is 10.6. The molecule has 2 amide bonds. The van der Waals surface area contributed by atoms with Crippen LogP contribution in [0.5, 0.6) is 0 Å². The van der Waals surface area contributed by atoms with Crippen molar-refractivity contribution in [2.75, 3.05) is 18.4 Å². The molecule has 3 rings (SSSR count). The Labute approximate surface area is 188 Å². The van der Waals surface area contributed by atoms with Gasteiger partial charge >= 0.3 is 6.09 Å². The molecule has 2 atom stereocenters. The third-order valence-corrected chi connectivity index (χ3v) is 5.74. The number of nitriles is 1. The highest BCUT2D eigenvalue weighted by Gasteiger charge is 2.45. The largest absolute Gasteiger partial charge is 0.444 e. The summed E-state index contributed by atoms with van der Waals surface area (Å²) in [5, 5.41) is 17.4. The molecule has 1 aromatic heterocycles. The van der Waals surface area contributed by atoms with Crippen LogP contribution in [0.3, 0.4) is 0 Å². The highest BCUT2D eigenvalue weighted by Crippen LogP contribution is 2.39. The Morgan fingerprint density at radius 2 is 2.03 bits per heavy atom. The van der Waals surface area contributed by atoms with E-state index in [2.05, 4.69) is 16.5 Å². The molecular formula is C23H30N6O3. The molecule has 9 heteroatoms. The monoisotopic (exact) mass is 438 g/mol. The van der Waals surface area contributed by atoms with E-state index in [-0.39, 0.29) is 24.0 Å². The molecule has 0 radical (unpaired) electrons. The zero-order valence-corrected chi connectivity index (χ0v) is 19.0. The van der Waals surface area contributed by atoms with Crippen LogP contribution in [0.15, 0.2) is 36.5 Å². The second-order valence-corrected chi connectivity index (χ2v) is 9.21. The summed E-state index contributed by atoms with van der Waals surface area (Å²) in [6, 6.07) is 11.6. The number of hydrogen-bond donors (Lipinski definition) is 2. The standard InChI is InChI=1S/C23H30N6O3/c1-16-14-28(21(31)32-22(2,3)4)13-11-23(16,10-12-24)29-15-18(19(25)30)20(27-29)26-17-8-6-5-7-9-17/h5-9,15-16H,10-11,13-14H2,1-4H3,(H2,25,30)(H,26,27). The average molecular weight is 439 g/mol. The number of ether oxygens (including phenoxy) is 1. The third-order valence-electron chi connectivity index (χ3n) is 5.74. The van der Waals surface area contributed by atoms with Gasteiger partial charge in [0.05, 0.1) is 18.0 Å². The van der Waals surface area contributed by atoms with E-state index >= 15 is 0 Å². The molecule has 0 spiro atoms. The van der Waals surface area contributed by atoms with Crippen molar-refractivity contribution in [3.8, 4) is 6.07 Å². The van der Waals surface area contributed by atoms with Gasteiger partial charge in [-0.05, 0) is 39.3 Å². The average Bonchev–Trinajstić information content (AvgIpc) is 3.13. The number of rotatable bonds is 5. The van der Waals surface area contributed by atoms with Crippen LogP contribution in [0.1, 0.15) is 50.9 Å². The Bertz CT molecular complexity index is 1020. The van der Waals surface area contributed by atoms with E-state index in [1.54, 1.807) is 15.8 Å². The topological polar surface area (TPSA) is 126 Å². The maximum Gasteiger partial charge on any atom is 0.410 e. The van der Waals surface area contributed by atoms with Gasteiger partial charge in [-0.2, -0.15) is 10.4 Å². The Balaban J connectivity index is 1.91. The van der Waals surface area contributed by atoms with Gasteiger partial charge in [-0.25, -0.2) is 4.79 Å². The maximum atomic E-state index is 12.6. The lowest BCUT2D eigenvalue weighted by Crippen LogP contribution is -2.54. The van der Waals surface area contributed by atoms with Crippen molar-refractivity contribution in [3.63, 3.8) is 0 Å². The zero-order valence-electron chi connectivity index (χ0n) is 19.0. The summed E-state index contributed by atoms with van der Waals surface area (Å²) >= 11 is 0. The first kappa shape index (κ1) is 23.1. The fourth-order valence-electron chi connectivity index (χ4n) is 4.01. The molecule has 9 nitrogen and oxygen atoms in total.